The van der Waals surface area contributed by atoms with Crippen LogP contribution in [-0.2, 0) is 0 Å². The van der Waals surface area contributed by atoms with Gasteiger partial charge in [-0.15, -0.1) is 0 Å². The molecule has 2 rings (SSSR count). The van der Waals surface area contributed by atoms with Gasteiger partial charge in [0.1, 0.15) is 5.75 Å². The lowest BCUT2D eigenvalue weighted by Crippen LogP contribution is -2.30. The van der Waals surface area contributed by atoms with Gasteiger partial charge < -0.3 is 15.4 Å². The summed E-state index contributed by atoms with van der Waals surface area (Å²) in [6.45, 7) is 5.83. The number of nitrogens with two attached hydrogens (primary N) is 1. The van der Waals surface area contributed by atoms with Gasteiger partial charge in [0.25, 0.3) is 5.91 Å². The fourth-order valence-electron chi connectivity index (χ4n) is 2.36. The second kappa shape index (κ2) is 4.93. The van der Waals surface area contributed by atoms with Gasteiger partial charge in [-0.2, -0.15) is 0 Å². The Hall–Kier alpha value is -1.42. The van der Waals surface area contributed by atoms with Gasteiger partial charge in [-0.1, -0.05) is 25.4 Å². The van der Waals surface area contributed by atoms with Crippen LogP contribution >= 0.6 is 11.6 Å². The molecule has 0 aromatic heterocycles. The SMILES string of the molecule is COc1cc(N)c(Cl)cc1C(=O)N1CCC(C)(C)C1. The van der Waals surface area contributed by atoms with Crippen LogP contribution in [-0.4, -0.2) is 31.0 Å². The minimum absolute atomic E-state index is 0.0516. The minimum Gasteiger partial charge on any atom is -0.496 e. The molecule has 4 nitrogen and oxygen atoms in total. The van der Waals surface area contributed by atoms with E-state index in [2.05, 4.69) is 13.8 Å². The smallest absolute Gasteiger partial charge is 0.257 e. The maximum absolute atomic E-state index is 12.5. The molecule has 1 heterocycles. The van der Waals surface area contributed by atoms with Crippen molar-refractivity contribution in [3.8, 4) is 5.75 Å². The van der Waals surface area contributed by atoms with Crippen molar-refractivity contribution in [3.63, 3.8) is 0 Å². The van der Waals surface area contributed by atoms with Crippen molar-refractivity contribution >= 4 is 23.2 Å². The summed E-state index contributed by atoms with van der Waals surface area (Å²) in [6, 6.07) is 3.18. The predicted molar refractivity (Wildman–Crippen MR) is 76.7 cm³/mol. The maximum atomic E-state index is 12.5. The number of carbonyl (C=O) groups is 1. The molecule has 1 fully saturated rings. The van der Waals surface area contributed by atoms with Crippen LogP contribution < -0.4 is 10.5 Å². The van der Waals surface area contributed by atoms with Crippen LogP contribution in [0.2, 0.25) is 5.02 Å². The lowest BCUT2D eigenvalue weighted by molar-refractivity contribution is 0.0775. The zero-order chi connectivity index (χ0) is 14.2. The van der Waals surface area contributed by atoms with Gasteiger partial charge in [0.05, 0.1) is 23.4 Å². The van der Waals surface area contributed by atoms with Crippen molar-refractivity contribution in [3.05, 3.63) is 22.7 Å². The third-order valence-electron chi connectivity index (χ3n) is 3.51. The van der Waals surface area contributed by atoms with Crippen molar-refractivity contribution in [2.24, 2.45) is 5.41 Å². The Balaban J connectivity index is 2.31. The Labute approximate surface area is 118 Å². The summed E-state index contributed by atoms with van der Waals surface area (Å²) in [5.74, 6) is 0.418. The Morgan fingerprint density at radius 2 is 2.16 bits per heavy atom. The average molecular weight is 283 g/mol. The van der Waals surface area contributed by atoms with Gasteiger partial charge in [0.2, 0.25) is 0 Å². The fourth-order valence-corrected chi connectivity index (χ4v) is 2.52. The van der Waals surface area contributed by atoms with E-state index in [1.54, 1.807) is 12.1 Å². The second-order valence-electron chi connectivity index (χ2n) is 5.71. The average Bonchev–Trinajstić information content (AvgIpc) is 2.71. The summed E-state index contributed by atoms with van der Waals surface area (Å²) in [6.07, 6.45) is 1.00. The molecule has 0 aliphatic carbocycles. The number of methoxy groups -OCH3 is 1. The van der Waals surface area contributed by atoms with Crippen molar-refractivity contribution in [1.82, 2.24) is 4.90 Å². The molecule has 0 radical (unpaired) electrons. The highest BCUT2D eigenvalue weighted by Crippen LogP contribution is 2.33. The van der Waals surface area contributed by atoms with Crippen LogP contribution in [0.3, 0.4) is 0 Å². The standard InChI is InChI=1S/C14H19ClN2O2/c1-14(2)4-5-17(8-14)13(18)9-6-10(15)11(16)7-12(9)19-3/h6-7H,4-5,8,16H2,1-3H3. The number of halogens is 1. The summed E-state index contributed by atoms with van der Waals surface area (Å²) < 4.78 is 5.23. The van der Waals surface area contributed by atoms with Crippen molar-refractivity contribution in [2.75, 3.05) is 25.9 Å². The molecule has 2 N–H and O–H groups in total. The number of carbonyl (C=O) groups excluding carboxylic acids is 1. The normalized spacial score (nSPS) is 17.6. The van der Waals surface area contributed by atoms with E-state index in [-0.39, 0.29) is 11.3 Å². The van der Waals surface area contributed by atoms with Crippen LogP contribution in [0.5, 0.6) is 5.75 Å². The van der Waals surface area contributed by atoms with Gasteiger partial charge in [-0.3, -0.25) is 4.79 Å². The van der Waals surface area contributed by atoms with E-state index < -0.39 is 0 Å². The Morgan fingerprint density at radius 1 is 1.47 bits per heavy atom. The van der Waals surface area contributed by atoms with E-state index in [0.717, 1.165) is 19.5 Å². The molecule has 104 valence electrons. The Morgan fingerprint density at radius 3 is 2.68 bits per heavy atom. The first-order valence-corrected chi connectivity index (χ1v) is 6.64. The maximum Gasteiger partial charge on any atom is 0.257 e. The zero-order valence-electron chi connectivity index (χ0n) is 11.5. The van der Waals surface area contributed by atoms with E-state index in [1.807, 2.05) is 4.90 Å². The molecule has 0 bridgehead atoms. The molecule has 19 heavy (non-hydrogen) atoms. The highest BCUT2D eigenvalue weighted by Gasteiger charge is 2.33. The highest BCUT2D eigenvalue weighted by molar-refractivity contribution is 6.33. The molecule has 5 heteroatoms. The number of rotatable bonds is 2. The summed E-state index contributed by atoms with van der Waals surface area (Å²) in [5, 5.41) is 0.377. The molecule has 1 saturated heterocycles. The van der Waals surface area contributed by atoms with Gasteiger partial charge in [-0.25, -0.2) is 0 Å². The third kappa shape index (κ3) is 2.78. The summed E-state index contributed by atoms with van der Waals surface area (Å²) in [5.41, 5.74) is 6.78. The van der Waals surface area contributed by atoms with Crippen LogP contribution in [0.15, 0.2) is 12.1 Å². The van der Waals surface area contributed by atoms with Crippen LogP contribution in [0.25, 0.3) is 0 Å². The summed E-state index contributed by atoms with van der Waals surface area (Å²) in [4.78, 5) is 14.4. The minimum atomic E-state index is -0.0516. The van der Waals surface area contributed by atoms with E-state index in [1.165, 1.54) is 7.11 Å². The van der Waals surface area contributed by atoms with Gasteiger partial charge in [0.15, 0.2) is 0 Å². The molecule has 1 aromatic rings. The molecular formula is C14H19ClN2O2. The molecule has 0 spiro atoms. The number of ether oxygens (including phenoxy) is 1. The monoisotopic (exact) mass is 282 g/mol. The number of nitrogens with zero attached hydrogens (tertiary/aromatic N) is 1. The zero-order valence-corrected chi connectivity index (χ0v) is 12.3. The molecule has 0 unspecified atom stereocenters. The van der Waals surface area contributed by atoms with Crippen LogP contribution in [0, 0.1) is 5.41 Å². The van der Waals surface area contributed by atoms with Crippen molar-refractivity contribution in [1.29, 1.82) is 0 Å². The second-order valence-corrected chi connectivity index (χ2v) is 6.12. The number of amides is 1. The number of likely N-dealkylation sites (tertiary alicyclic amines) is 1. The lowest BCUT2D eigenvalue weighted by atomic mass is 9.93. The number of nitrogen functional groups attached to an aromatic ring is 1. The highest BCUT2D eigenvalue weighted by atomic mass is 35.5. The van der Waals surface area contributed by atoms with E-state index in [4.69, 9.17) is 22.1 Å². The summed E-state index contributed by atoms with van der Waals surface area (Å²) in [7, 11) is 1.52. The first-order chi connectivity index (χ1) is 8.84. The van der Waals surface area contributed by atoms with E-state index in [0.29, 0.717) is 22.0 Å². The quantitative estimate of drug-likeness (QED) is 0.849. The van der Waals surface area contributed by atoms with E-state index in [9.17, 15) is 4.79 Å². The molecule has 1 aliphatic rings. The largest absolute Gasteiger partial charge is 0.496 e. The van der Waals surface area contributed by atoms with Gasteiger partial charge in [-0.05, 0) is 17.9 Å². The Kier molecular flexibility index (Phi) is 3.63. The van der Waals surface area contributed by atoms with E-state index >= 15 is 0 Å². The molecule has 1 amide bonds. The predicted octanol–water partition coefficient (Wildman–Crippen LogP) is 2.80. The topological polar surface area (TPSA) is 55.6 Å². The third-order valence-corrected chi connectivity index (χ3v) is 3.84. The molecule has 1 aliphatic heterocycles. The first-order valence-electron chi connectivity index (χ1n) is 6.26. The molecule has 0 atom stereocenters. The van der Waals surface area contributed by atoms with Crippen molar-refractivity contribution < 1.29 is 9.53 Å². The molecule has 1 aromatic carbocycles. The summed E-state index contributed by atoms with van der Waals surface area (Å²) >= 11 is 6.00. The number of hydrogen-bond acceptors (Lipinski definition) is 3. The van der Waals surface area contributed by atoms with Crippen molar-refractivity contribution in [2.45, 2.75) is 20.3 Å². The fraction of sp³-hybridized carbons (Fsp3) is 0.500. The Bertz CT molecular complexity index is 514. The van der Waals surface area contributed by atoms with Gasteiger partial charge >= 0.3 is 0 Å². The van der Waals surface area contributed by atoms with Crippen LogP contribution in [0.1, 0.15) is 30.6 Å². The van der Waals surface area contributed by atoms with Crippen LogP contribution in [0.4, 0.5) is 5.69 Å². The lowest BCUT2D eigenvalue weighted by Gasteiger charge is -2.21. The number of benzene rings is 1. The molecular weight excluding hydrogens is 264 g/mol. The van der Waals surface area contributed by atoms with Gasteiger partial charge in [0, 0.05) is 19.2 Å². The molecule has 0 saturated carbocycles. The first kappa shape index (κ1) is 14.0. The number of hydrogen-bond donors (Lipinski definition) is 1. The number of anilines is 1.